The van der Waals surface area contributed by atoms with Crippen LogP contribution in [0.4, 0.5) is 0 Å². The predicted molar refractivity (Wildman–Crippen MR) is 63.8 cm³/mol. The van der Waals surface area contributed by atoms with E-state index >= 15 is 0 Å². The molecule has 0 unspecified atom stereocenters. The summed E-state index contributed by atoms with van der Waals surface area (Å²) in [7, 11) is 0. The molecule has 5 heteroatoms. The summed E-state index contributed by atoms with van der Waals surface area (Å²) in [5.74, 6) is 0.782. The van der Waals surface area contributed by atoms with Crippen LogP contribution in [0.3, 0.4) is 0 Å². The summed E-state index contributed by atoms with van der Waals surface area (Å²) in [6.07, 6.45) is 3.44. The zero-order chi connectivity index (χ0) is 11.1. The fourth-order valence-corrected chi connectivity index (χ4v) is 2.36. The van der Waals surface area contributed by atoms with Gasteiger partial charge in [-0.3, -0.25) is 15.2 Å². The van der Waals surface area contributed by atoms with Crippen LogP contribution in [0.25, 0.3) is 11.4 Å². The Balaban J connectivity index is 2.18. The van der Waals surface area contributed by atoms with E-state index in [1.807, 2.05) is 6.92 Å². The van der Waals surface area contributed by atoms with Crippen molar-refractivity contribution < 1.29 is 0 Å². The Bertz CT molecular complexity index is 596. The number of nitrogens with one attached hydrogen (secondary N) is 2. The minimum absolute atomic E-state index is 0.481. The summed E-state index contributed by atoms with van der Waals surface area (Å²) in [6, 6.07) is 2.19. The number of aryl methyl sites for hydroxylation is 3. The van der Waals surface area contributed by atoms with E-state index < -0.39 is 0 Å². The molecule has 1 aliphatic carbocycles. The lowest BCUT2D eigenvalue weighted by Gasteiger charge is -2.05. The maximum Gasteiger partial charge on any atom is 0.213 e. The highest BCUT2D eigenvalue weighted by Crippen LogP contribution is 2.26. The van der Waals surface area contributed by atoms with Crippen LogP contribution in [-0.4, -0.2) is 20.2 Å². The molecule has 0 aliphatic heterocycles. The highest BCUT2D eigenvalue weighted by atomic mass is 32.1. The maximum atomic E-state index is 4.96. The van der Waals surface area contributed by atoms with E-state index in [0.29, 0.717) is 4.77 Å². The first-order chi connectivity index (χ1) is 7.74. The largest absolute Gasteiger partial charge is 0.282 e. The van der Waals surface area contributed by atoms with Gasteiger partial charge in [-0.1, -0.05) is 0 Å². The third kappa shape index (κ3) is 1.48. The number of hydrogen-bond acceptors (Lipinski definition) is 3. The first-order valence-corrected chi connectivity index (χ1v) is 5.79. The number of pyridine rings is 1. The van der Waals surface area contributed by atoms with Gasteiger partial charge in [0, 0.05) is 17.0 Å². The molecule has 0 spiro atoms. The van der Waals surface area contributed by atoms with Crippen LogP contribution < -0.4 is 0 Å². The first-order valence-electron chi connectivity index (χ1n) is 5.38. The van der Waals surface area contributed by atoms with Crippen molar-refractivity contribution in [3.8, 4) is 11.4 Å². The molecule has 16 heavy (non-hydrogen) atoms. The van der Waals surface area contributed by atoms with E-state index in [1.54, 1.807) is 0 Å². The van der Waals surface area contributed by atoms with Crippen molar-refractivity contribution in [2.24, 2.45) is 0 Å². The Hall–Kier alpha value is -1.49. The monoisotopic (exact) mass is 232 g/mol. The number of H-pyrrole nitrogens is 2. The summed E-state index contributed by atoms with van der Waals surface area (Å²) in [5, 5.41) is 5.79. The molecule has 0 saturated heterocycles. The minimum atomic E-state index is 0.481. The van der Waals surface area contributed by atoms with Crippen LogP contribution in [0, 0.1) is 11.7 Å². The average Bonchev–Trinajstić information content (AvgIpc) is 2.84. The van der Waals surface area contributed by atoms with E-state index in [0.717, 1.165) is 29.9 Å². The molecular formula is C11H12N4S. The van der Waals surface area contributed by atoms with E-state index in [-0.39, 0.29) is 0 Å². The van der Waals surface area contributed by atoms with Gasteiger partial charge in [0.2, 0.25) is 4.77 Å². The molecule has 0 aromatic carbocycles. The van der Waals surface area contributed by atoms with Crippen molar-refractivity contribution in [2.75, 3.05) is 0 Å². The van der Waals surface area contributed by atoms with Gasteiger partial charge in [-0.25, -0.2) is 0 Å². The van der Waals surface area contributed by atoms with E-state index in [4.69, 9.17) is 12.2 Å². The average molecular weight is 232 g/mol. The number of aromatic nitrogens is 4. The lowest BCUT2D eigenvalue weighted by Crippen LogP contribution is -1.96. The third-order valence-corrected chi connectivity index (χ3v) is 3.19. The van der Waals surface area contributed by atoms with Gasteiger partial charge < -0.3 is 0 Å². The normalized spacial score (nSPS) is 14.1. The van der Waals surface area contributed by atoms with Gasteiger partial charge in [0.05, 0.1) is 0 Å². The molecule has 82 valence electrons. The molecule has 2 heterocycles. The van der Waals surface area contributed by atoms with Gasteiger partial charge in [-0.15, -0.1) is 0 Å². The van der Waals surface area contributed by atoms with Crippen molar-refractivity contribution in [2.45, 2.75) is 26.2 Å². The molecule has 0 saturated carbocycles. The second-order valence-corrected chi connectivity index (χ2v) is 4.48. The first kappa shape index (κ1) is 9.72. The van der Waals surface area contributed by atoms with Crippen molar-refractivity contribution in [1.29, 1.82) is 0 Å². The quantitative estimate of drug-likeness (QED) is 0.742. The summed E-state index contributed by atoms with van der Waals surface area (Å²) in [5.41, 5.74) is 4.66. The second kappa shape index (κ2) is 3.52. The highest BCUT2D eigenvalue weighted by molar-refractivity contribution is 7.71. The van der Waals surface area contributed by atoms with Crippen molar-refractivity contribution >= 4 is 12.2 Å². The Morgan fingerprint density at radius 1 is 1.25 bits per heavy atom. The van der Waals surface area contributed by atoms with Crippen molar-refractivity contribution in [3.63, 3.8) is 0 Å². The Labute approximate surface area is 98.1 Å². The van der Waals surface area contributed by atoms with Gasteiger partial charge >= 0.3 is 0 Å². The third-order valence-electron chi connectivity index (χ3n) is 3.00. The number of aromatic amines is 2. The van der Waals surface area contributed by atoms with Gasteiger partial charge in [0.1, 0.15) is 0 Å². The summed E-state index contributed by atoms with van der Waals surface area (Å²) < 4.78 is 0.481. The van der Waals surface area contributed by atoms with Crippen molar-refractivity contribution in [1.82, 2.24) is 20.2 Å². The molecule has 0 bridgehead atoms. The number of fused-ring (bicyclic) bond motifs is 1. The minimum Gasteiger partial charge on any atom is -0.282 e. The Morgan fingerprint density at radius 2 is 2.12 bits per heavy atom. The summed E-state index contributed by atoms with van der Waals surface area (Å²) in [6.45, 7) is 2.01. The molecule has 4 nitrogen and oxygen atoms in total. The lowest BCUT2D eigenvalue weighted by atomic mass is 10.1. The van der Waals surface area contributed by atoms with Crippen LogP contribution >= 0.6 is 12.2 Å². The van der Waals surface area contributed by atoms with Gasteiger partial charge in [-0.2, -0.15) is 4.98 Å². The zero-order valence-electron chi connectivity index (χ0n) is 9.00. The lowest BCUT2D eigenvalue weighted by molar-refractivity contribution is 0.897. The number of nitrogens with zero attached hydrogens (tertiary/aromatic N) is 2. The molecule has 0 amide bonds. The zero-order valence-corrected chi connectivity index (χ0v) is 9.82. The molecule has 3 rings (SSSR count). The van der Waals surface area contributed by atoms with E-state index in [9.17, 15) is 0 Å². The number of rotatable bonds is 1. The SMILES string of the molecule is Cc1nc2c(cc1-c1nc(=S)[nH][nH]1)CCC2. The summed E-state index contributed by atoms with van der Waals surface area (Å²) >= 11 is 4.96. The molecule has 0 atom stereocenters. The summed E-state index contributed by atoms with van der Waals surface area (Å²) in [4.78, 5) is 8.86. The van der Waals surface area contributed by atoms with Gasteiger partial charge in [0.15, 0.2) is 5.82 Å². The second-order valence-electron chi connectivity index (χ2n) is 4.10. The molecule has 2 aromatic rings. The molecular weight excluding hydrogens is 220 g/mol. The van der Waals surface area contributed by atoms with Crippen LogP contribution in [0.15, 0.2) is 6.07 Å². The van der Waals surface area contributed by atoms with Crippen LogP contribution in [0.1, 0.15) is 23.4 Å². The smallest absolute Gasteiger partial charge is 0.213 e. The Morgan fingerprint density at radius 3 is 2.88 bits per heavy atom. The van der Waals surface area contributed by atoms with E-state index in [1.165, 1.54) is 17.7 Å². The topological polar surface area (TPSA) is 57.4 Å². The molecule has 0 fully saturated rings. The van der Waals surface area contributed by atoms with Crippen LogP contribution in [-0.2, 0) is 12.8 Å². The van der Waals surface area contributed by atoms with Crippen LogP contribution in [0.5, 0.6) is 0 Å². The standard InChI is InChI=1S/C11H12N4S/c1-6-8(10-13-11(16)15-14-10)5-7-3-2-4-9(7)12-6/h5H,2-4H2,1H3,(H2,13,14,15,16). The Kier molecular flexibility index (Phi) is 2.14. The molecule has 2 aromatic heterocycles. The van der Waals surface area contributed by atoms with Crippen molar-refractivity contribution in [3.05, 3.63) is 27.8 Å². The van der Waals surface area contributed by atoms with E-state index in [2.05, 4.69) is 26.2 Å². The molecule has 0 radical (unpaired) electrons. The molecule has 1 aliphatic rings. The number of hydrogen-bond donors (Lipinski definition) is 2. The highest BCUT2D eigenvalue weighted by Gasteiger charge is 2.16. The predicted octanol–water partition coefficient (Wildman–Crippen LogP) is 2.33. The van der Waals surface area contributed by atoms with Gasteiger partial charge in [-0.05, 0) is 50.0 Å². The fourth-order valence-electron chi connectivity index (χ4n) is 2.21. The van der Waals surface area contributed by atoms with Crippen LogP contribution in [0.2, 0.25) is 0 Å². The fraction of sp³-hybridized carbons (Fsp3) is 0.364. The van der Waals surface area contributed by atoms with Gasteiger partial charge in [0.25, 0.3) is 0 Å². The maximum absolute atomic E-state index is 4.96. The molecule has 2 N–H and O–H groups in total.